The molecule has 2 heterocycles. The van der Waals surface area contributed by atoms with Gasteiger partial charge in [0.15, 0.2) is 0 Å². The quantitative estimate of drug-likeness (QED) is 0.673. The van der Waals surface area contributed by atoms with Gasteiger partial charge >= 0.3 is 10.2 Å². The van der Waals surface area contributed by atoms with Gasteiger partial charge in [-0.15, -0.1) is 15.7 Å². The van der Waals surface area contributed by atoms with Gasteiger partial charge in [0.2, 0.25) is 0 Å². The van der Waals surface area contributed by atoms with Crippen LogP contribution in [0.5, 0.6) is 0 Å². The Morgan fingerprint density at radius 2 is 2.21 bits per heavy atom. The predicted octanol–water partition coefficient (Wildman–Crippen LogP) is 2.56. The van der Waals surface area contributed by atoms with Crippen LogP contribution in [0.4, 0.5) is 10.1 Å². The summed E-state index contributed by atoms with van der Waals surface area (Å²) in [7, 11) is -2.75. The van der Waals surface area contributed by atoms with Crippen molar-refractivity contribution in [3.8, 4) is 0 Å². The molecule has 8 nitrogen and oxygen atoms in total. The first-order chi connectivity index (χ1) is 13.3. The van der Waals surface area contributed by atoms with Gasteiger partial charge in [0.1, 0.15) is 22.2 Å². The predicted molar refractivity (Wildman–Crippen MR) is 107 cm³/mol. The topological polar surface area (TPSA) is 101 Å². The average molecular weight is 489 g/mol. The van der Waals surface area contributed by atoms with Crippen molar-refractivity contribution in [2.45, 2.75) is 0 Å². The van der Waals surface area contributed by atoms with Gasteiger partial charge in [-0.2, -0.15) is 8.42 Å². The lowest BCUT2D eigenvalue weighted by Gasteiger charge is -2.26. The van der Waals surface area contributed by atoms with Crippen molar-refractivity contribution >= 4 is 54.8 Å². The van der Waals surface area contributed by atoms with Crippen LogP contribution in [-0.4, -0.2) is 49.6 Å². The van der Waals surface area contributed by atoms with Crippen LogP contribution in [0.3, 0.4) is 0 Å². The summed E-state index contributed by atoms with van der Waals surface area (Å²) in [5.74, 6) is -1.18. The zero-order valence-corrected chi connectivity index (χ0v) is 17.6. The lowest BCUT2D eigenvalue weighted by atomic mass is 10.2. The van der Waals surface area contributed by atoms with Crippen molar-refractivity contribution in [2.75, 3.05) is 25.6 Å². The van der Waals surface area contributed by atoms with Crippen molar-refractivity contribution in [3.63, 3.8) is 0 Å². The van der Waals surface area contributed by atoms with Gasteiger partial charge in [0.25, 0.3) is 5.91 Å². The number of methoxy groups -OCH3 is 1. The van der Waals surface area contributed by atoms with Crippen molar-refractivity contribution in [3.05, 3.63) is 56.8 Å². The SMILES string of the molecule is COCCN1C(C(=O)Nc2ccc(F)c(Br)c2)=CC(c2nccs2)=NS1(=O)=O. The summed E-state index contributed by atoms with van der Waals surface area (Å²) in [4.78, 5) is 16.9. The van der Waals surface area contributed by atoms with E-state index in [1.165, 1.54) is 48.9 Å². The summed E-state index contributed by atoms with van der Waals surface area (Å²) in [6.07, 6.45) is 2.86. The Morgan fingerprint density at radius 1 is 1.43 bits per heavy atom. The highest BCUT2D eigenvalue weighted by atomic mass is 79.9. The Hall–Kier alpha value is -2.15. The molecule has 148 valence electrons. The van der Waals surface area contributed by atoms with Crippen LogP contribution in [0.15, 0.2) is 50.4 Å². The Bertz CT molecular complexity index is 1050. The number of ether oxygens (including phenoxy) is 1. The fourth-order valence-electron chi connectivity index (χ4n) is 2.33. The van der Waals surface area contributed by atoms with Crippen LogP contribution in [0, 0.1) is 5.82 Å². The number of thiazole rings is 1. The molecule has 2 aromatic rings. The molecule has 1 N–H and O–H groups in total. The number of rotatable bonds is 6. The fraction of sp³-hybridized carbons (Fsp3) is 0.188. The van der Waals surface area contributed by atoms with Gasteiger partial charge in [0, 0.05) is 24.4 Å². The molecule has 1 aliphatic rings. The molecule has 0 atom stereocenters. The van der Waals surface area contributed by atoms with Crippen molar-refractivity contribution in [1.82, 2.24) is 9.29 Å². The van der Waals surface area contributed by atoms with E-state index < -0.39 is 21.9 Å². The average Bonchev–Trinajstić information content (AvgIpc) is 3.17. The summed E-state index contributed by atoms with van der Waals surface area (Å²) in [5.41, 5.74) is 0.216. The molecule has 1 aliphatic heterocycles. The van der Waals surface area contributed by atoms with Gasteiger partial charge in [-0.3, -0.25) is 4.79 Å². The van der Waals surface area contributed by atoms with Gasteiger partial charge in [-0.05, 0) is 40.2 Å². The standard InChI is InChI=1S/C16H14BrFN4O4S2/c1-26-6-5-22-14(15(23)20-10-2-3-12(18)11(17)8-10)9-13(21-28(22,24)25)16-19-4-7-27-16/h2-4,7-9H,5-6H2,1H3,(H,20,23). The second kappa shape index (κ2) is 8.47. The van der Waals surface area contributed by atoms with Crippen molar-refractivity contribution < 1.29 is 22.3 Å². The Labute approximate surface area is 173 Å². The number of nitrogens with zero attached hydrogens (tertiary/aromatic N) is 3. The Morgan fingerprint density at radius 3 is 2.86 bits per heavy atom. The molecule has 0 fully saturated rings. The van der Waals surface area contributed by atoms with E-state index >= 15 is 0 Å². The minimum absolute atomic E-state index is 0.0635. The molecule has 0 saturated carbocycles. The summed E-state index contributed by atoms with van der Waals surface area (Å²) < 4.78 is 48.4. The molecule has 0 radical (unpaired) electrons. The summed E-state index contributed by atoms with van der Waals surface area (Å²) in [6.45, 7) is -0.0338. The van der Waals surface area contributed by atoms with E-state index in [0.717, 1.165) is 4.31 Å². The number of hydrogen-bond donors (Lipinski definition) is 1. The van der Waals surface area contributed by atoms with Gasteiger partial charge in [0.05, 0.1) is 17.6 Å². The molecule has 12 heteroatoms. The highest BCUT2D eigenvalue weighted by Gasteiger charge is 2.33. The highest BCUT2D eigenvalue weighted by molar-refractivity contribution is 9.10. The molecular formula is C16H14BrFN4O4S2. The second-order valence-corrected chi connectivity index (χ2v) is 8.74. The number of allylic oxidation sites excluding steroid dienone is 1. The van der Waals surface area contributed by atoms with E-state index in [9.17, 15) is 17.6 Å². The lowest BCUT2D eigenvalue weighted by Crippen LogP contribution is -2.40. The summed E-state index contributed by atoms with van der Waals surface area (Å²) in [5, 5.41) is 4.60. The number of carbonyl (C=O) groups excluding carboxylic acids is 1. The fourth-order valence-corrected chi connectivity index (χ4v) is 4.54. The van der Waals surface area contributed by atoms with Crippen LogP contribution < -0.4 is 5.32 Å². The number of amides is 1. The largest absolute Gasteiger partial charge is 0.383 e. The smallest absolute Gasteiger partial charge is 0.345 e. The third-order valence-electron chi connectivity index (χ3n) is 3.59. The van der Waals surface area contributed by atoms with Crippen LogP contribution in [0.2, 0.25) is 0 Å². The maximum Gasteiger partial charge on any atom is 0.345 e. The number of nitrogens with one attached hydrogen (secondary N) is 1. The van der Waals surface area contributed by atoms with E-state index in [0.29, 0.717) is 10.7 Å². The van der Waals surface area contributed by atoms with Gasteiger partial charge in [-0.25, -0.2) is 13.7 Å². The number of benzene rings is 1. The molecule has 1 aromatic heterocycles. The van der Waals surface area contributed by atoms with E-state index in [1.807, 2.05) is 0 Å². The molecular weight excluding hydrogens is 475 g/mol. The number of anilines is 1. The zero-order chi connectivity index (χ0) is 20.3. The van der Waals surface area contributed by atoms with Crippen LogP contribution in [-0.2, 0) is 19.7 Å². The molecule has 0 saturated heterocycles. The molecule has 0 bridgehead atoms. The third kappa shape index (κ3) is 4.46. The number of aromatic nitrogens is 1. The Kier molecular flexibility index (Phi) is 6.23. The maximum atomic E-state index is 13.4. The van der Waals surface area contributed by atoms with E-state index in [2.05, 4.69) is 30.6 Å². The molecule has 3 rings (SSSR count). The Balaban J connectivity index is 1.97. The van der Waals surface area contributed by atoms with Gasteiger partial charge in [-0.1, -0.05) is 0 Å². The summed E-state index contributed by atoms with van der Waals surface area (Å²) in [6, 6.07) is 3.92. The minimum Gasteiger partial charge on any atom is -0.383 e. The van der Waals surface area contributed by atoms with Crippen LogP contribution in [0.25, 0.3) is 0 Å². The normalized spacial score (nSPS) is 15.8. The van der Waals surface area contributed by atoms with E-state index in [4.69, 9.17) is 4.74 Å². The number of carbonyl (C=O) groups is 1. The van der Waals surface area contributed by atoms with Crippen LogP contribution >= 0.6 is 27.3 Å². The van der Waals surface area contributed by atoms with Crippen LogP contribution in [0.1, 0.15) is 5.01 Å². The molecule has 1 amide bonds. The highest BCUT2D eigenvalue weighted by Crippen LogP contribution is 2.25. The zero-order valence-electron chi connectivity index (χ0n) is 14.4. The second-order valence-electron chi connectivity index (χ2n) is 5.47. The first-order valence-corrected chi connectivity index (χ1v) is 10.9. The monoisotopic (exact) mass is 488 g/mol. The maximum absolute atomic E-state index is 13.4. The minimum atomic E-state index is -4.16. The number of halogens is 2. The molecule has 28 heavy (non-hydrogen) atoms. The van der Waals surface area contributed by atoms with Crippen molar-refractivity contribution in [1.29, 1.82) is 0 Å². The molecule has 0 spiro atoms. The molecule has 0 aliphatic carbocycles. The molecule has 0 unspecified atom stereocenters. The third-order valence-corrected chi connectivity index (χ3v) is 6.36. The first kappa shape index (κ1) is 20.6. The first-order valence-electron chi connectivity index (χ1n) is 7.81. The van der Waals surface area contributed by atoms with E-state index in [1.54, 1.807) is 5.38 Å². The van der Waals surface area contributed by atoms with Crippen molar-refractivity contribution in [2.24, 2.45) is 4.40 Å². The van der Waals surface area contributed by atoms with Gasteiger partial charge < -0.3 is 10.1 Å². The molecule has 1 aromatic carbocycles. The van der Waals surface area contributed by atoms with E-state index in [-0.39, 0.29) is 29.0 Å². The number of hydrogen-bond acceptors (Lipinski definition) is 6. The lowest BCUT2D eigenvalue weighted by molar-refractivity contribution is -0.113. The summed E-state index contributed by atoms with van der Waals surface area (Å²) >= 11 is 4.24.